The summed E-state index contributed by atoms with van der Waals surface area (Å²) < 4.78 is 1.75. The fourth-order valence-electron chi connectivity index (χ4n) is 2.86. The summed E-state index contributed by atoms with van der Waals surface area (Å²) in [5.74, 6) is -0.288. The number of anilines is 1. The van der Waals surface area contributed by atoms with Gasteiger partial charge in [-0.3, -0.25) is 14.5 Å². The second kappa shape index (κ2) is 6.83. The van der Waals surface area contributed by atoms with Crippen LogP contribution in [-0.4, -0.2) is 35.7 Å². The van der Waals surface area contributed by atoms with Crippen LogP contribution >= 0.6 is 0 Å². The molecule has 0 aliphatic heterocycles. The third-order valence-corrected chi connectivity index (χ3v) is 4.07. The van der Waals surface area contributed by atoms with Crippen molar-refractivity contribution in [3.8, 4) is 16.8 Å². The lowest BCUT2D eigenvalue weighted by Crippen LogP contribution is -2.14. The Morgan fingerprint density at radius 1 is 1.07 bits per heavy atom. The highest BCUT2D eigenvalue weighted by Gasteiger charge is 2.12. The van der Waals surface area contributed by atoms with Crippen LogP contribution in [0.25, 0.3) is 16.8 Å². The fourth-order valence-corrected chi connectivity index (χ4v) is 2.86. The Morgan fingerprint density at radius 3 is 2.63 bits per heavy atom. The summed E-state index contributed by atoms with van der Waals surface area (Å²) in [7, 11) is 1.87. The van der Waals surface area contributed by atoms with Gasteiger partial charge in [0.15, 0.2) is 0 Å². The first-order valence-corrected chi connectivity index (χ1v) is 8.35. The topological polar surface area (TPSA) is 90.5 Å². The van der Waals surface area contributed by atoms with E-state index in [9.17, 15) is 4.79 Å². The van der Waals surface area contributed by atoms with Crippen LogP contribution in [0, 0.1) is 6.92 Å². The summed E-state index contributed by atoms with van der Waals surface area (Å²) in [6.45, 7) is 1.93. The van der Waals surface area contributed by atoms with Crippen molar-refractivity contribution in [1.82, 2.24) is 29.8 Å². The number of carbonyl (C=O) groups excluding carboxylic acids is 1. The van der Waals surface area contributed by atoms with Crippen molar-refractivity contribution in [2.45, 2.75) is 6.92 Å². The molecule has 4 rings (SSSR count). The smallest absolute Gasteiger partial charge is 0.274 e. The van der Waals surface area contributed by atoms with E-state index >= 15 is 0 Å². The first-order valence-electron chi connectivity index (χ1n) is 8.35. The predicted molar refractivity (Wildman–Crippen MR) is 100 cm³/mol. The van der Waals surface area contributed by atoms with Gasteiger partial charge in [-0.25, -0.2) is 0 Å². The Kier molecular flexibility index (Phi) is 4.21. The third kappa shape index (κ3) is 3.45. The van der Waals surface area contributed by atoms with Crippen molar-refractivity contribution in [3.63, 3.8) is 0 Å². The number of pyridine rings is 1. The highest BCUT2D eigenvalue weighted by Crippen LogP contribution is 2.23. The van der Waals surface area contributed by atoms with Crippen molar-refractivity contribution >= 4 is 11.6 Å². The van der Waals surface area contributed by atoms with Crippen LogP contribution < -0.4 is 5.32 Å². The summed E-state index contributed by atoms with van der Waals surface area (Å²) in [5, 5.41) is 15.4. The van der Waals surface area contributed by atoms with Gasteiger partial charge in [-0.2, -0.15) is 20.1 Å². The van der Waals surface area contributed by atoms with Crippen LogP contribution in [0.2, 0.25) is 0 Å². The van der Waals surface area contributed by atoms with Gasteiger partial charge in [-0.15, -0.1) is 0 Å². The summed E-state index contributed by atoms with van der Waals surface area (Å²) in [5.41, 5.74) is 4.49. The van der Waals surface area contributed by atoms with Gasteiger partial charge in [0.2, 0.25) is 0 Å². The lowest BCUT2D eigenvalue weighted by Gasteiger charge is -2.08. The Morgan fingerprint density at radius 2 is 1.89 bits per heavy atom. The maximum absolute atomic E-state index is 12.7. The summed E-state index contributed by atoms with van der Waals surface area (Å²) in [6, 6.07) is 10.9. The van der Waals surface area contributed by atoms with Gasteiger partial charge in [0.25, 0.3) is 5.91 Å². The first-order chi connectivity index (χ1) is 13.1. The van der Waals surface area contributed by atoms with E-state index in [1.165, 1.54) is 4.80 Å². The van der Waals surface area contributed by atoms with Gasteiger partial charge < -0.3 is 5.32 Å². The molecule has 8 nitrogen and oxygen atoms in total. The Balaban J connectivity index is 1.58. The number of rotatable bonds is 4. The number of amides is 1. The minimum atomic E-state index is -0.288. The molecule has 1 aromatic carbocycles. The molecule has 0 fully saturated rings. The number of carbonyl (C=O) groups is 1. The number of aryl methyl sites for hydroxylation is 2. The van der Waals surface area contributed by atoms with Crippen LogP contribution in [0.5, 0.6) is 0 Å². The molecular formula is C19H17N7O. The SMILES string of the molecule is Cc1nn(C)cc1-c1ccnc(C(=O)Nc2cccc(-n3nccn3)c2)c1. The van der Waals surface area contributed by atoms with E-state index in [1.54, 1.807) is 41.5 Å². The molecular weight excluding hydrogens is 342 g/mol. The number of nitrogens with one attached hydrogen (secondary N) is 1. The normalized spacial score (nSPS) is 10.7. The second-order valence-electron chi connectivity index (χ2n) is 6.05. The Bertz CT molecular complexity index is 1100. The van der Waals surface area contributed by atoms with Crippen molar-refractivity contribution in [2.75, 3.05) is 5.32 Å². The van der Waals surface area contributed by atoms with Crippen molar-refractivity contribution in [2.24, 2.45) is 7.05 Å². The zero-order valence-corrected chi connectivity index (χ0v) is 14.9. The van der Waals surface area contributed by atoms with E-state index in [0.717, 1.165) is 22.5 Å². The van der Waals surface area contributed by atoms with Gasteiger partial charge in [0.05, 0.1) is 23.8 Å². The zero-order chi connectivity index (χ0) is 18.8. The van der Waals surface area contributed by atoms with E-state index in [1.807, 2.05) is 38.4 Å². The first kappa shape index (κ1) is 16.6. The summed E-state index contributed by atoms with van der Waals surface area (Å²) in [6.07, 6.45) is 6.75. The van der Waals surface area contributed by atoms with Gasteiger partial charge >= 0.3 is 0 Å². The van der Waals surface area contributed by atoms with Gasteiger partial charge in [0, 0.05) is 30.7 Å². The highest BCUT2D eigenvalue weighted by molar-refractivity contribution is 6.03. The second-order valence-corrected chi connectivity index (χ2v) is 6.05. The molecule has 1 N–H and O–H groups in total. The molecule has 1 amide bonds. The van der Waals surface area contributed by atoms with Crippen molar-refractivity contribution in [1.29, 1.82) is 0 Å². The molecule has 27 heavy (non-hydrogen) atoms. The molecule has 0 spiro atoms. The highest BCUT2D eigenvalue weighted by atomic mass is 16.1. The zero-order valence-electron chi connectivity index (χ0n) is 14.9. The molecule has 0 aliphatic rings. The standard InChI is InChI=1S/C19H17N7O/c1-13-17(12-25(2)24-13)14-6-7-20-18(10-14)19(27)23-15-4-3-5-16(11-15)26-21-8-9-22-26/h3-12H,1-2H3,(H,23,27). The molecule has 0 bridgehead atoms. The van der Waals surface area contributed by atoms with Gasteiger partial charge in [-0.1, -0.05) is 6.07 Å². The fraction of sp³-hybridized carbons (Fsp3) is 0.105. The number of hydrogen-bond acceptors (Lipinski definition) is 5. The third-order valence-electron chi connectivity index (χ3n) is 4.07. The van der Waals surface area contributed by atoms with E-state index in [2.05, 4.69) is 25.6 Å². The molecule has 3 aromatic heterocycles. The minimum absolute atomic E-state index is 0.288. The molecule has 134 valence electrons. The van der Waals surface area contributed by atoms with Gasteiger partial charge in [0.1, 0.15) is 5.69 Å². The largest absolute Gasteiger partial charge is 0.321 e. The van der Waals surface area contributed by atoms with Crippen LogP contribution in [0.1, 0.15) is 16.2 Å². The van der Waals surface area contributed by atoms with E-state index in [4.69, 9.17) is 0 Å². The van der Waals surface area contributed by atoms with Crippen molar-refractivity contribution < 1.29 is 4.79 Å². The van der Waals surface area contributed by atoms with Crippen LogP contribution in [-0.2, 0) is 7.05 Å². The predicted octanol–water partition coefficient (Wildman–Crippen LogP) is 2.62. The number of benzene rings is 1. The van der Waals surface area contributed by atoms with Gasteiger partial charge in [-0.05, 0) is 42.8 Å². The Hall–Kier alpha value is -3.81. The maximum atomic E-state index is 12.7. The molecule has 0 radical (unpaired) electrons. The lowest BCUT2D eigenvalue weighted by molar-refractivity contribution is 0.102. The average Bonchev–Trinajstić information content (AvgIpc) is 3.32. The van der Waals surface area contributed by atoms with E-state index < -0.39 is 0 Å². The van der Waals surface area contributed by atoms with Crippen LogP contribution in [0.4, 0.5) is 5.69 Å². The van der Waals surface area contributed by atoms with E-state index in [0.29, 0.717) is 11.4 Å². The summed E-state index contributed by atoms with van der Waals surface area (Å²) in [4.78, 5) is 18.3. The molecule has 0 unspecified atom stereocenters. The number of hydrogen-bond donors (Lipinski definition) is 1. The summed E-state index contributed by atoms with van der Waals surface area (Å²) >= 11 is 0. The van der Waals surface area contributed by atoms with Crippen molar-refractivity contribution in [3.05, 3.63) is 72.6 Å². The molecule has 0 aliphatic carbocycles. The molecule has 0 saturated carbocycles. The average molecular weight is 359 g/mol. The van der Waals surface area contributed by atoms with Crippen LogP contribution in [0.15, 0.2) is 61.2 Å². The molecule has 8 heteroatoms. The molecule has 4 aromatic rings. The monoisotopic (exact) mass is 359 g/mol. The van der Waals surface area contributed by atoms with Crippen LogP contribution in [0.3, 0.4) is 0 Å². The Labute approximate surface area is 155 Å². The lowest BCUT2D eigenvalue weighted by atomic mass is 10.1. The maximum Gasteiger partial charge on any atom is 0.274 e. The number of nitrogens with zero attached hydrogens (tertiary/aromatic N) is 6. The van der Waals surface area contributed by atoms with E-state index in [-0.39, 0.29) is 5.91 Å². The molecule has 0 saturated heterocycles. The molecule has 3 heterocycles. The molecule has 0 atom stereocenters. The quantitative estimate of drug-likeness (QED) is 0.605. The number of aromatic nitrogens is 6. The minimum Gasteiger partial charge on any atom is -0.321 e.